The van der Waals surface area contributed by atoms with E-state index in [1.165, 1.54) is 6.92 Å². The molecular weight excluding hydrogens is 336 g/mol. The van der Waals surface area contributed by atoms with E-state index in [0.717, 1.165) is 10.1 Å². The Morgan fingerprint density at radius 2 is 1.88 bits per heavy atom. The number of H-pyrrole nitrogens is 1. The van der Waals surface area contributed by atoms with E-state index in [9.17, 15) is 14.4 Å². The molecule has 1 aliphatic heterocycles. The van der Waals surface area contributed by atoms with Crippen molar-refractivity contribution in [2.24, 2.45) is 5.41 Å². The monoisotopic (exact) mass is 360 g/mol. The average Bonchev–Trinajstić information content (AvgIpc) is 2.55. The third kappa shape index (κ3) is 3.64. The molecular formula is C19H24N2O5. The van der Waals surface area contributed by atoms with Gasteiger partial charge in [0.15, 0.2) is 6.29 Å². The summed E-state index contributed by atoms with van der Waals surface area (Å²) in [5, 5.41) is 0.376. The lowest BCUT2D eigenvalue weighted by Gasteiger charge is -2.36. The fourth-order valence-corrected chi connectivity index (χ4v) is 3.15. The molecule has 1 aromatic carbocycles. The molecule has 0 spiro atoms. The van der Waals surface area contributed by atoms with Crippen molar-refractivity contribution in [3.05, 3.63) is 44.6 Å². The third-order valence-electron chi connectivity index (χ3n) is 4.40. The Morgan fingerprint density at radius 1 is 1.23 bits per heavy atom. The van der Waals surface area contributed by atoms with Gasteiger partial charge in [0.2, 0.25) is 0 Å². The molecule has 7 nitrogen and oxygen atoms in total. The molecule has 2 aromatic rings. The van der Waals surface area contributed by atoms with Crippen LogP contribution < -0.4 is 11.2 Å². The number of carbonyl (C=O) groups is 1. The summed E-state index contributed by atoms with van der Waals surface area (Å²) in [7, 11) is 0. The van der Waals surface area contributed by atoms with Crippen molar-refractivity contribution < 1.29 is 14.3 Å². The highest BCUT2D eigenvalue weighted by atomic mass is 16.7. The van der Waals surface area contributed by atoms with Crippen LogP contribution in [0.5, 0.6) is 0 Å². The summed E-state index contributed by atoms with van der Waals surface area (Å²) in [6.07, 6.45) is -0.131. The van der Waals surface area contributed by atoms with Crippen LogP contribution in [0.2, 0.25) is 0 Å². The molecule has 7 heteroatoms. The molecule has 0 aliphatic carbocycles. The average molecular weight is 360 g/mol. The molecule has 0 amide bonds. The molecule has 0 unspecified atom stereocenters. The lowest BCUT2D eigenvalue weighted by atomic mass is 9.95. The maximum Gasteiger partial charge on any atom is 0.329 e. The van der Waals surface area contributed by atoms with Crippen molar-refractivity contribution in [2.75, 3.05) is 13.2 Å². The van der Waals surface area contributed by atoms with E-state index in [4.69, 9.17) is 9.47 Å². The van der Waals surface area contributed by atoms with Gasteiger partial charge in [-0.2, -0.15) is 0 Å². The van der Waals surface area contributed by atoms with Gasteiger partial charge in [-0.1, -0.05) is 26.8 Å². The third-order valence-corrected chi connectivity index (χ3v) is 4.40. The van der Waals surface area contributed by atoms with Crippen LogP contribution in [0.1, 0.15) is 39.3 Å². The van der Waals surface area contributed by atoms with Crippen molar-refractivity contribution in [3.8, 4) is 0 Å². The first kappa shape index (κ1) is 18.5. The van der Waals surface area contributed by atoms with Crippen molar-refractivity contribution in [3.63, 3.8) is 0 Å². The van der Waals surface area contributed by atoms with Crippen molar-refractivity contribution in [1.82, 2.24) is 9.55 Å². The molecule has 1 fully saturated rings. The second kappa shape index (κ2) is 6.81. The summed E-state index contributed by atoms with van der Waals surface area (Å²) in [5.74, 6) is 0.0106. The van der Waals surface area contributed by atoms with Crippen LogP contribution in [0.3, 0.4) is 0 Å². The van der Waals surface area contributed by atoms with Gasteiger partial charge >= 0.3 is 5.69 Å². The standard InChI is InChI=1S/C19H24N2O5/c1-11(22)7-12-5-6-15-14(8-12)16(23)21(18(24)20-15)13-9-25-17(26-10-13)19(2,3)4/h5-6,8,13,17H,7,9-10H2,1-4H3,(H,20,24). The maximum absolute atomic E-state index is 12.9. The number of rotatable bonds is 3. The van der Waals surface area contributed by atoms with E-state index in [0.29, 0.717) is 10.9 Å². The van der Waals surface area contributed by atoms with Crippen LogP contribution in [0.4, 0.5) is 0 Å². The number of hydrogen-bond acceptors (Lipinski definition) is 5. The first-order valence-electron chi connectivity index (χ1n) is 8.67. The lowest BCUT2D eigenvalue weighted by molar-refractivity contribution is -0.239. The van der Waals surface area contributed by atoms with Gasteiger partial charge in [0.1, 0.15) is 5.78 Å². The van der Waals surface area contributed by atoms with E-state index < -0.39 is 17.3 Å². The number of benzene rings is 1. The van der Waals surface area contributed by atoms with E-state index in [2.05, 4.69) is 4.98 Å². The van der Waals surface area contributed by atoms with Gasteiger partial charge in [-0.05, 0) is 24.6 Å². The predicted octanol–water partition coefficient (Wildman–Crippen LogP) is 1.78. The van der Waals surface area contributed by atoms with Crippen molar-refractivity contribution >= 4 is 16.7 Å². The molecule has 1 N–H and O–H groups in total. The van der Waals surface area contributed by atoms with Gasteiger partial charge < -0.3 is 14.5 Å². The SMILES string of the molecule is CC(=O)Cc1ccc2[nH]c(=O)n(C3COC(C(C)(C)C)OC3)c(=O)c2c1. The molecule has 140 valence electrons. The quantitative estimate of drug-likeness (QED) is 0.901. The number of hydrogen-bond donors (Lipinski definition) is 1. The molecule has 1 saturated heterocycles. The van der Waals surface area contributed by atoms with E-state index >= 15 is 0 Å². The second-order valence-corrected chi connectivity index (χ2v) is 7.88. The van der Waals surface area contributed by atoms with Crippen LogP contribution in [0, 0.1) is 5.41 Å². The first-order valence-corrected chi connectivity index (χ1v) is 8.67. The minimum absolute atomic E-state index is 0.0106. The number of nitrogens with one attached hydrogen (secondary N) is 1. The summed E-state index contributed by atoms with van der Waals surface area (Å²) in [6.45, 7) is 7.96. The normalized spacial score (nSPS) is 21.1. The van der Waals surface area contributed by atoms with Crippen LogP contribution in [0.25, 0.3) is 10.9 Å². The molecule has 3 rings (SSSR count). The smallest absolute Gasteiger partial charge is 0.329 e. The number of aromatic nitrogens is 2. The molecule has 0 saturated carbocycles. The molecule has 1 aromatic heterocycles. The summed E-state index contributed by atoms with van der Waals surface area (Å²) >= 11 is 0. The summed E-state index contributed by atoms with van der Waals surface area (Å²) < 4.78 is 12.6. The van der Waals surface area contributed by atoms with Crippen LogP contribution >= 0.6 is 0 Å². The first-order chi connectivity index (χ1) is 12.2. The molecule has 26 heavy (non-hydrogen) atoms. The van der Waals surface area contributed by atoms with Gasteiger partial charge in [-0.15, -0.1) is 0 Å². The number of ketones is 1. The highest BCUT2D eigenvalue weighted by Crippen LogP contribution is 2.28. The summed E-state index contributed by atoms with van der Waals surface area (Å²) in [4.78, 5) is 39.4. The number of fused-ring (bicyclic) bond motifs is 1. The Labute approximate surface area is 150 Å². The Balaban J connectivity index is 1.97. The van der Waals surface area contributed by atoms with E-state index in [-0.39, 0.29) is 37.1 Å². The molecule has 0 atom stereocenters. The van der Waals surface area contributed by atoms with Crippen LogP contribution in [-0.2, 0) is 20.7 Å². The van der Waals surface area contributed by atoms with Crippen LogP contribution in [0.15, 0.2) is 27.8 Å². The van der Waals surface area contributed by atoms with E-state index in [1.54, 1.807) is 18.2 Å². The Bertz CT molecular complexity index is 943. The topological polar surface area (TPSA) is 90.4 Å². The Kier molecular flexibility index (Phi) is 4.86. The van der Waals surface area contributed by atoms with Crippen LogP contribution in [-0.4, -0.2) is 34.8 Å². The Hall–Kier alpha value is -2.25. The van der Waals surface area contributed by atoms with Gasteiger partial charge in [-0.3, -0.25) is 14.2 Å². The summed E-state index contributed by atoms with van der Waals surface area (Å²) in [5.41, 5.74) is 0.111. The highest BCUT2D eigenvalue weighted by molar-refractivity contribution is 5.82. The summed E-state index contributed by atoms with van der Waals surface area (Å²) in [6, 6.07) is 4.56. The second-order valence-electron chi connectivity index (χ2n) is 7.88. The molecule has 1 aliphatic rings. The van der Waals surface area contributed by atoms with Gasteiger partial charge in [0.05, 0.1) is 30.2 Å². The number of aromatic amines is 1. The number of Topliss-reactive ketones (excluding diaryl/α,β-unsaturated/α-hetero) is 1. The highest BCUT2D eigenvalue weighted by Gasteiger charge is 2.33. The molecule has 0 bridgehead atoms. The largest absolute Gasteiger partial charge is 0.350 e. The zero-order valence-electron chi connectivity index (χ0n) is 15.5. The maximum atomic E-state index is 12.9. The minimum atomic E-state index is -0.495. The Morgan fingerprint density at radius 3 is 2.46 bits per heavy atom. The zero-order valence-corrected chi connectivity index (χ0v) is 15.5. The lowest BCUT2D eigenvalue weighted by Crippen LogP contribution is -2.47. The molecule has 0 radical (unpaired) electrons. The minimum Gasteiger partial charge on any atom is -0.350 e. The van der Waals surface area contributed by atoms with Gasteiger partial charge in [-0.25, -0.2) is 4.79 Å². The van der Waals surface area contributed by atoms with Gasteiger partial charge in [0.25, 0.3) is 5.56 Å². The molecule has 2 heterocycles. The number of nitrogens with zero attached hydrogens (tertiary/aromatic N) is 1. The predicted molar refractivity (Wildman–Crippen MR) is 97.4 cm³/mol. The van der Waals surface area contributed by atoms with E-state index in [1.807, 2.05) is 20.8 Å². The van der Waals surface area contributed by atoms with Crippen molar-refractivity contribution in [2.45, 2.75) is 46.4 Å². The fourth-order valence-electron chi connectivity index (χ4n) is 3.15. The zero-order chi connectivity index (χ0) is 19.1. The van der Waals surface area contributed by atoms with Crippen molar-refractivity contribution in [1.29, 1.82) is 0 Å². The number of carbonyl (C=O) groups excluding carboxylic acids is 1. The fraction of sp³-hybridized carbons (Fsp3) is 0.526. The number of ether oxygens (including phenoxy) is 2. The van der Waals surface area contributed by atoms with Gasteiger partial charge in [0, 0.05) is 11.8 Å².